The second-order valence-electron chi connectivity index (χ2n) is 9.70. The molecular weight excluding hydrogens is 470 g/mol. The maximum Gasteiger partial charge on any atom is 0.408 e. The molecule has 10 heteroatoms. The van der Waals surface area contributed by atoms with E-state index in [1.807, 2.05) is 38.1 Å². The van der Waals surface area contributed by atoms with Crippen molar-refractivity contribution in [2.75, 3.05) is 19.4 Å². The molecular formula is C25H37N3O6S. The largest absolute Gasteiger partial charge is 0.468 e. The molecule has 1 aromatic carbocycles. The van der Waals surface area contributed by atoms with Crippen molar-refractivity contribution in [2.45, 2.75) is 71.2 Å². The zero-order valence-electron chi connectivity index (χ0n) is 21.3. The van der Waals surface area contributed by atoms with E-state index in [0.717, 1.165) is 12.0 Å². The number of nitrogens with zero attached hydrogens (tertiary/aromatic N) is 1. The molecule has 2 rings (SSSR count). The van der Waals surface area contributed by atoms with Crippen LogP contribution in [-0.4, -0.2) is 65.9 Å². The van der Waals surface area contributed by atoms with Crippen LogP contribution >= 0.6 is 12.6 Å². The zero-order valence-corrected chi connectivity index (χ0v) is 22.2. The highest BCUT2D eigenvalue weighted by Gasteiger charge is 2.48. The van der Waals surface area contributed by atoms with Gasteiger partial charge in [-0.05, 0) is 50.7 Å². The van der Waals surface area contributed by atoms with E-state index in [9.17, 15) is 19.2 Å². The quantitative estimate of drug-likeness (QED) is 0.331. The number of amides is 3. The van der Waals surface area contributed by atoms with Gasteiger partial charge in [-0.2, -0.15) is 12.6 Å². The predicted molar refractivity (Wildman–Crippen MR) is 135 cm³/mol. The van der Waals surface area contributed by atoms with Gasteiger partial charge in [0.1, 0.15) is 24.2 Å². The number of hydrogen-bond acceptors (Lipinski definition) is 7. The fourth-order valence-electron chi connectivity index (χ4n) is 3.69. The summed E-state index contributed by atoms with van der Waals surface area (Å²) in [6.07, 6.45) is 0.793. The highest BCUT2D eigenvalue weighted by Crippen LogP contribution is 2.40. The summed E-state index contributed by atoms with van der Waals surface area (Å²) in [5.74, 6) is -1.37. The molecule has 1 aromatic rings. The summed E-state index contributed by atoms with van der Waals surface area (Å²) in [5.41, 5.74) is 0.947. The van der Waals surface area contributed by atoms with Gasteiger partial charge in [-0.3, -0.25) is 14.4 Å². The Morgan fingerprint density at radius 1 is 1.17 bits per heavy atom. The van der Waals surface area contributed by atoms with E-state index in [1.54, 1.807) is 20.8 Å². The first-order valence-corrected chi connectivity index (χ1v) is 12.4. The van der Waals surface area contributed by atoms with Crippen molar-refractivity contribution >= 4 is 36.5 Å². The number of rotatable bonds is 10. The number of carbonyl (C=O) groups is 4. The first-order valence-electron chi connectivity index (χ1n) is 11.8. The molecule has 4 atom stereocenters. The fraction of sp³-hybridized carbons (Fsp3) is 0.600. The van der Waals surface area contributed by atoms with E-state index in [0.29, 0.717) is 12.0 Å². The van der Waals surface area contributed by atoms with Gasteiger partial charge < -0.3 is 25.0 Å². The van der Waals surface area contributed by atoms with Crippen LogP contribution in [-0.2, 0) is 30.3 Å². The minimum atomic E-state index is -1.01. The highest BCUT2D eigenvalue weighted by atomic mass is 32.1. The zero-order chi connectivity index (χ0) is 26.3. The number of aryl methyl sites for hydroxylation is 1. The Morgan fingerprint density at radius 3 is 2.23 bits per heavy atom. The summed E-state index contributed by atoms with van der Waals surface area (Å²) in [6.45, 7) is 8.87. The molecule has 0 bridgehead atoms. The molecule has 2 N–H and O–H groups in total. The lowest BCUT2D eigenvalue weighted by Gasteiger charge is -2.34. The molecule has 0 aromatic heterocycles. The average Bonchev–Trinajstić information content (AvgIpc) is 3.53. The number of nitrogens with one attached hydrogen (secondary N) is 2. The number of esters is 1. The van der Waals surface area contributed by atoms with Crippen LogP contribution in [0.3, 0.4) is 0 Å². The number of benzene rings is 1. The third-order valence-corrected chi connectivity index (χ3v) is 6.08. The van der Waals surface area contributed by atoms with Crippen molar-refractivity contribution in [2.24, 2.45) is 5.92 Å². The average molecular weight is 508 g/mol. The number of thiol groups is 1. The lowest BCUT2D eigenvalue weighted by Crippen LogP contribution is -2.55. The molecule has 1 aliphatic rings. The van der Waals surface area contributed by atoms with Crippen molar-refractivity contribution in [3.63, 3.8) is 0 Å². The van der Waals surface area contributed by atoms with Crippen molar-refractivity contribution < 1.29 is 28.7 Å². The molecule has 1 saturated carbocycles. The van der Waals surface area contributed by atoms with E-state index >= 15 is 0 Å². The number of methoxy groups -OCH3 is 1. The minimum absolute atomic E-state index is 0.0148. The molecule has 194 valence electrons. The van der Waals surface area contributed by atoms with Gasteiger partial charge in [0.25, 0.3) is 0 Å². The number of alkyl carbamates (subject to hydrolysis) is 1. The molecule has 0 spiro atoms. The van der Waals surface area contributed by atoms with Crippen LogP contribution in [0.2, 0.25) is 0 Å². The summed E-state index contributed by atoms with van der Waals surface area (Å²) >= 11 is 4.28. The SMILES string of the molecule is CCc1ccc(C(C(=O)NCC(=O)OC)N(C(=O)C(CS)NC(=O)OC(C)(C)C)C2CC2C)cc1. The van der Waals surface area contributed by atoms with Gasteiger partial charge in [0.15, 0.2) is 0 Å². The summed E-state index contributed by atoms with van der Waals surface area (Å²) in [6, 6.07) is 5.22. The molecule has 0 heterocycles. The van der Waals surface area contributed by atoms with Crippen LogP contribution in [0.4, 0.5) is 4.79 Å². The second kappa shape index (κ2) is 12.3. The fourth-order valence-corrected chi connectivity index (χ4v) is 3.94. The topological polar surface area (TPSA) is 114 Å². The summed E-state index contributed by atoms with van der Waals surface area (Å²) in [7, 11) is 1.23. The van der Waals surface area contributed by atoms with E-state index in [-0.39, 0.29) is 24.3 Å². The Balaban J connectivity index is 2.41. The van der Waals surface area contributed by atoms with Crippen LogP contribution in [0.25, 0.3) is 0 Å². The summed E-state index contributed by atoms with van der Waals surface area (Å²) in [5, 5.41) is 5.17. The van der Waals surface area contributed by atoms with Crippen molar-refractivity contribution in [3.05, 3.63) is 35.4 Å². The van der Waals surface area contributed by atoms with Gasteiger partial charge in [0.05, 0.1) is 7.11 Å². The van der Waals surface area contributed by atoms with Crippen LogP contribution in [0.1, 0.15) is 58.2 Å². The van der Waals surface area contributed by atoms with Gasteiger partial charge in [0.2, 0.25) is 11.8 Å². The van der Waals surface area contributed by atoms with Crippen LogP contribution in [0.5, 0.6) is 0 Å². The van der Waals surface area contributed by atoms with Crippen LogP contribution in [0.15, 0.2) is 24.3 Å². The standard InChI is InChI=1S/C25H37N3O6S/c1-7-16-8-10-17(11-9-16)21(22(30)26-13-20(29)33-6)28(19-12-15(19)2)23(31)18(14-35)27-24(32)34-25(3,4)5/h8-11,15,18-19,21,35H,7,12-14H2,1-6H3,(H,26,30)(H,27,32). The third kappa shape index (κ3) is 8.16. The molecule has 9 nitrogen and oxygen atoms in total. The predicted octanol–water partition coefficient (Wildman–Crippen LogP) is 2.64. The van der Waals surface area contributed by atoms with E-state index < -0.39 is 41.6 Å². The Morgan fingerprint density at radius 2 is 1.77 bits per heavy atom. The third-order valence-electron chi connectivity index (χ3n) is 5.72. The molecule has 0 aliphatic heterocycles. The lowest BCUT2D eigenvalue weighted by atomic mass is 10.00. The monoisotopic (exact) mass is 507 g/mol. The first-order chi connectivity index (χ1) is 16.4. The maximum absolute atomic E-state index is 13.8. The molecule has 0 saturated heterocycles. The Hall–Kier alpha value is -2.75. The molecule has 0 radical (unpaired) electrons. The normalized spacial score (nSPS) is 18.6. The van der Waals surface area contributed by atoms with Crippen molar-refractivity contribution in [1.29, 1.82) is 0 Å². The lowest BCUT2D eigenvalue weighted by molar-refractivity contribution is -0.145. The van der Waals surface area contributed by atoms with Gasteiger partial charge >= 0.3 is 12.1 Å². The minimum Gasteiger partial charge on any atom is -0.468 e. The van der Waals surface area contributed by atoms with Crippen LogP contribution in [0, 0.1) is 5.92 Å². The van der Waals surface area contributed by atoms with Crippen LogP contribution < -0.4 is 10.6 Å². The molecule has 1 fully saturated rings. The molecule has 1 aliphatic carbocycles. The summed E-state index contributed by atoms with van der Waals surface area (Å²) < 4.78 is 9.94. The maximum atomic E-state index is 13.8. The highest BCUT2D eigenvalue weighted by molar-refractivity contribution is 7.80. The van der Waals surface area contributed by atoms with Gasteiger partial charge in [-0.15, -0.1) is 0 Å². The Bertz CT molecular complexity index is 915. The van der Waals surface area contributed by atoms with E-state index in [1.165, 1.54) is 12.0 Å². The number of carbonyl (C=O) groups excluding carboxylic acids is 4. The van der Waals surface area contributed by atoms with Crippen molar-refractivity contribution in [1.82, 2.24) is 15.5 Å². The van der Waals surface area contributed by atoms with E-state index in [4.69, 9.17) is 4.74 Å². The van der Waals surface area contributed by atoms with E-state index in [2.05, 4.69) is 28.0 Å². The molecule has 3 amide bonds. The smallest absolute Gasteiger partial charge is 0.408 e. The van der Waals surface area contributed by atoms with Crippen molar-refractivity contribution in [3.8, 4) is 0 Å². The van der Waals surface area contributed by atoms with Gasteiger partial charge in [0, 0.05) is 11.8 Å². The summed E-state index contributed by atoms with van der Waals surface area (Å²) in [4.78, 5) is 52.7. The Labute approximate surface area is 212 Å². The number of hydrogen-bond donors (Lipinski definition) is 3. The first kappa shape index (κ1) is 28.5. The molecule has 4 unspecified atom stereocenters. The molecule has 35 heavy (non-hydrogen) atoms. The van der Waals surface area contributed by atoms with Gasteiger partial charge in [-0.25, -0.2) is 4.79 Å². The number of ether oxygens (including phenoxy) is 2. The second-order valence-corrected chi connectivity index (χ2v) is 10.1. The Kier molecular flexibility index (Phi) is 10.00. The van der Waals surface area contributed by atoms with Gasteiger partial charge in [-0.1, -0.05) is 38.1 Å².